The molecule has 6 nitrogen and oxygen atoms in total. The van der Waals surface area contributed by atoms with Crippen LogP contribution < -0.4 is 10.1 Å². The highest BCUT2D eigenvalue weighted by Crippen LogP contribution is 2.10. The average Bonchev–Trinajstić information content (AvgIpc) is 3.26. The number of halogens is 1. The Morgan fingerprint density at radius 1 is 1.40 bits per heavy atom. The molecule has 1 N–H and O–H groups in total. The molecular weight excluding hydrogens is 345 g/mol. The van der Waals surface area contributed by atoms with Gasteiger partial charge < -0.3 is 14.6 Å². The van der Waals surface area contributed by atoms with Crippen molar-refractivity contribution in [2.75, 3.05) is 13.2 Å². The van der Waals surface area contributed by atoms with Gasteiger partial charge in [-0.2, -0.15) is 4.99 Å². The minimum Gasteiger partial charge on any atom is -0.376 e. The van der Waals surface area contributed by atoms with Gasteiger partial charge in [0.15, 0.2) is 4.80 Å². The molecular formula is C17H18FN3O3S. The van der Waals surface area contributed by atoms with Gasteiger partial charge in [0.2, 0.25) is 5.91 Å². The summed E-state index contributed by atoms with van der Waals surface area (Å²) in [5.41, 5.74) is -0.0923. The predicted molar refractivity (Wildman–Crippen MR) is 90.6 cm³/mol. The summed E-state index contributed by atoms with van der Waals surface area (Å²) in [7, 11) is 0. The lowest BCUT2D eigenvalue weighted by atomic mass is 10.2. The summed E-state index contributed by atoms with van der Waals surface area (Å²) >= 11 is 1.21. The van der Waals surface area contributed by atoms with Crippen LogP contribution in [0.2, 0.25) is 0 Å². The molecule has 2 heterocycles. The number of thiazole rings is 1. The number of amides is 2. The van der Waals surface area contributed by atoms with Gasteiger partial charge in [0.25, 0.3) is 5.91 Å². The van der Waals surface area contributed by atoms with Crippen molar-refractivity contribution in [2.24, 2.45) is 4.99 Å². The van der Waals surface area contributed by atoms with Crippen LogP contribution in [0, 0.1) is 5.82 Å². The summed E-state index contributed by atoms with van der Waals surface area (Å²) in [6, 6.07) is 5.68. The van der Waals surface area contributed by atoms with E-state index in [9.17, 15) is 14.0 Å². The van der Waals surface area contributed by atoms with Gasteiger partial charge in [0.05, 0.1) is 11.7 Å². The van der Waals surface area contributed by atoms with Gasteiger partial charge in [-0.05, 0) is 25.0 Å². The van der Waals surface area contributed by atoms with E-state index >= 15 is 0 Å². The number of nitrogens with one attached hydrogen (secondary N) is 1. The van der Waals surface area contributed by atoms with Crippen LogP contribution in [-0.2, 0) is 16.1 Å². The molecule has 0 radical (unpaired) electrons. The summed E-state index contributed by atoms with van der Waals surface area (Å²) in [4.78, 5) is 28.5. The van der Waals surface area contributed by atoms with E-state index in [2.05, 4.69) is 10.3 Å². The summed E-state index contributed by atoms with van der Waals surface area (Å²) in [6.07, 6.45) is 3.71. The van der Waals surface area contributed by atoms with Gasteiger partial charge in [0.1, 0.15) is 12.4 Å². The summed E-state index contributed by atoms with van der Waals surface area (Å²) in [6.45, 7) is 1.25. The third-order valence-corrected chi connectivity index (χ3v) is 4.62. The van der Waals surface area contributed by atoms with E-state index < -0.39 is 11.7 Å². The van der Waals surface area contributed by atoms with Crippen molar-refractivity contribution in [1.29, 1.82) is 0 Å². The summed E-state index contributed by atoms with van der Waals surface area (Å²) < 4.78 is 20.7. The second kappa shape index (κ2) is 8.17. The maximum Gasteiger partial charge on any atom is 0.282 e. The number of nitrogens with zero attached hydrogens (tertiary/aromatic N) is 2. The SMILES string of the molecule is O=C(Cn1ccsc1=NC(=O)c1ccccc1F)NC[C@H]1CCCO1. The van der Waals surface area contributed by atoms with Gasteiger partial charge in [0, 0.05) is 24.7 Å². The van der Waals surface area contributed by atoms with Gasteiger partial charge in [-0.15, -0.1) is 11.3 Å². The number of ether oxygens (including phenoxy) is 1. The Morgan fingerprint density at radius 2 is 2.24 bits per heavy atom. The van der Waals surface area contributed by atoms with Crippen molar-refractivity contribution in [2.45, 2.75) is 25.5 Å². The second-order valence-electron chi connectivity index (χ2n) is 5.65. The second-order valence-corrected chi connectivity index (χ2v) is 6.52. The van der Waals surface area contributed by atoms with Crippen LogP contribution in [0.1, 0.15) is 23.2 Å². The van der Waals surface area contributed by atoms with Crippen LogP contribution in [0.4, 0.5) is 4.39 Å². The third kappa shape index (κ3) is 4.61. The molecule has 1 aromatic heterocycles. The predicted octanol–water partition coefficient (Wildman–Crippen LogP) is 1.72. The Morgan fingerprint density at radius 3 is 3.00 bits per heavy atom. The molecule has 1 atom stereocenters. The number of hydrogen-bond donors (Lipinski definition) is 1. The van der Waals surface area contributed by atoms with Gasteiger partial charge in [-0.3, -0.25) is 9.59 Å². The Hall–Kier alpha value is -2.32. The van der Waals surface area contributed by atoms with Crippen LogP contribution >= 0.6 is 11.3 Å². The van der Waals surface area contributed by atoms with E-state index in [0.29, 0.717) is 11.3 Å². The minimum atomic E-state index is -0.672. The van der Waals surface area contributed by atoms with Gasteiger partial charge >= 0.3 is 0 Å². The fraction of sp³-hybridized carbons (Fsp3) is 0.353. The normalized spacial score (nSPS) is 17.6. The molecule has 1 saturated heterocycles. The number of carbonyl (C=O) groups is 2. The molecule has 1 aliphatic heterocycles. The lowest BCUT2D eigenvalue weighted by Gasteiger charge is -2.11. The molecule has 0 aliphatic carbocycles. The number of carbonyl (C=O) groups excluding carboxylic acids is 2. The van der Waals surface area contributed by atoms with Crippen LogP contribution in [0.25, 0.3) is 0 Å². The monoisotopic (exact) mass is 363 g/mol. The van der Waals surface area contributed by atoms with Crippen molar-refractivity contribution in [3.05, 3.63) is 52.0 Å². The zero-order chi connectivity index (χ0) is 17.6. The molecule has 0 saturated carbocycles. The lowest BCUT2D eigenvalue weighted by Crippen LogP contribution is -2.35. The standard InChI is InChI=1S/C17H18FN3O3S/c18-14-6-2-1-5-13(14)16(23)20-17-21(7-9-25-17)11-15(22)19-10-12-4-3-8-24-12/h1-2,5-7,9,12H,3-4,8,10-11H2,(H,19,22)/t12-/m1/s1. The average molecular weight is 363 g/mol. The first-order valence-corrected chi connectivity index (χ1v) is 8.87. The maximum absolute atomic E-state index is 13.7. The molecule has 0 unspecified atom stereocenters. The Balaban J connectivity index is 1.66. The van der Waals surface area contributed by atoms with Crippen molar-refractivity contribution in [3.8, 4) is 0 Å². The molecule has 1 aromatic carbocycles. The van der Waals surface area contributed by atoms with Crippen molar-refractivity contribution < 1.29 is 18.7 Å². The largest absolute Gasteiger partial charge is 0.376 e. The van der Waals surface area contributed by atoms with Crippen LogP contribution in [0.15, 0.2) is 40.8 Å². The molecule has 0 spiro atoms. The summed E-state index contributed by atoms with van der Waals surface area (Å²) in [5.74, 6) is -1.48. The maximum atomic E-state index is 13.7. The van der Waals surface area contributed by atoms with E-state index in [1.54, 1.807) is 22.2 Å². The number of aromatic nitrogens is 1. The zero-order valence-electron chi connectivity index (χ0n) is 13.5. The summed E-state index contributed by atoms with van der Waals surface area (Å²) in [5, 5.41) is 4.54. The van der Waals surface area contributed by atoms with E-state index in [1.807, 2.05) is 0 Å². The fourth-order valence-electron chi connectivity index (χ4n) is 2.53. The molecule has 2 aromatic rings. The van der Waals surface area contributed by atoms with E-state index in [4.69, 9.17) is 4.74 Å². The van der Waals surface area contributed by atoms with E-state index in [1.165, 1.54) is 29.5 Å². The van der Waals surface area contributed by atoms with Gasteiger partial charge in [-0.25, -0.2) is 4.39 Å². The molecule has 132 valence electrons. The first-order valence-electron chi connectivity index (χ1n) is 7.99. The Bertz CT molecular complexity index is 824. The van der Waals surface area contributed by atoms with Crippen LogP contribution in [0.5, 0.6) is 0 Å². The number of hydrogen-bond acceptors (Lipinski definition) is 4. The van der Waals surface area contributed by atoms with Crippen molar-refractivity contribution in [3.63, 3.8) is 0 Å². The number of rotatable bonds is 5. The lowest BCUT2D eigenvalue weighted by molar-refractivity contribution is -0.122. The minimum absolute atomic E-state index is 0.0413. The molecule has 2 amide bonds. The molecule has 1 fully saturated rings. The highest BCUT2D eigenvalue weighted by atomic mass is 32.1. The zero-order valence-corrected chi connectivity index (χ0v) is 14.3. The first-order chi connectivity index (χ1) is 12.1. The quantitative estimate of drug-likeness (QED) is 0.879. The molecule has 3 rings (SSSR count). The molecule has 25 heavy (non-hydrogen) atoms. The van der Waals surface area contributed by atoms with Crippen LogP contribution in [0.3, 0.4) is 0 Å². The molecule has 8 heteroatoms. The van der Waals surface area contributed by atoms with Crippen LogP contribution in [-0.4, -0.2) is 35.6 Å². The topological polar surface area (TPSA) is 72.7 Å². The molecule has 0 bridgehead atoms. The Kier molecular flexibility index (Phi) is 5.72. The molecule has 1 aliphatic rings. The highest BCUT2D eigenvalue weighted by molar-refractivity contribution is 7.07. The smallest absolute Gasteiger partial charge is 0.282 e. The van der Waals surface area contributed by atoms with E-state index in [-0.39, 0.29) is 24.1 Å². The van der Waals surface area contributed by atoms with Gasteiger partial charge in [-0.1, -0.05) is 12.1 Å². The Labute approximate surface area is 148 Å². The van der Waals surface area contributed by atoms with Crippen molar-refractivity contribution >= 4 is 23.2 Å². The third-order valence-electron chi connectivity index (χ3n) is 3.83. The number of benzene rings is 1. The van der Waals surface area contributed by atoms with Crippen molar-refractivity contribution in [1.82, 2.24) is 9.88 Å². The highest BCUT2D eigenvalue weighted by Gasteiger charge is 2.16. The fourth-order valence-corrected chi connectivity index (χ4v) is 3.26. The van der Waals surface area contributed by atoms with E-state index in [0.717, 1.165) is 19.4 Å². The first kappa shape index (κ1) is 17.5.